The van der Waals surface area contributed by atoms with E-state index in [2.05, 4.69) is 4.98 Å². The second-order valence-corrected chi connectivity index (χ2v) is 4.61. The molecule has 1 heterocycles. The van der Waals surface area contributed by atoms with E-state index >= 15 is 0 Å². The Kier molecular flexibility index (Phi) is 3.87. The van der Waals surface area contributed by atoms with Crippen LogP contribution in [0, 0.1) is 5.21 Å². The largest absolute Gasteiger partial charge is 0.618 e. The predicted octanol–water partition coefficient (Wildman–Crippen LogP) is 3.61. The lowest BCUT2D eigenvalue weighted by molar-refractivity contribution is -0.354. The summed E-state index contributed by atoms with van der Waals surface area (Å²) in [4.78, 5) is 4.07. The number of hydrogen-bond acceptors (Lipinski definition) is 4. The van der Waals surface area contributed by atoms with Gasteiger partial charge >= 0.3 is 0 Å². The van der Waals surface area contributed by atoms with E-state index in [1.165, 1.54) is 12.5 Å². The van der Waals surface area contributed by atoms with Gasteiger partial charge in [0, 0.05) is 23.3 Å². The Balaban J connectivity index is 1.81. The molecule has 0 aliphatic heterocycles. The molecule has 0 radical (unpaired) electrons. The lowest BCUT2D eigenvalue weighted by Gasteiger charge is -2.04. The summed E-state index contributed by atoms with van der Waals surface area (Å²) in [6.45, 7) is 0. The fraction of sp³-hybridized carbons (Fsp3) is 0.0588. The van der Waals surface area contributed by atoms with Crippen molar-refractivity contribution < 1.29 is 13.9 Å². The van der Waals surface area contributed by atoms with Crippen molar-refractivity contribution in [2.75, 3.05) is 7.11 Å². The van der Waals surface area contributed by atoms with Crippen molar-refractivity contribution in [3.8, 4) is 17.2 Å². The number of hydrogen-bond donors (Lipinski definition) is 0. The van der Waals surface area contributed by atoms with Crippen LogP contribution < -0.4 is 4.74 Å². The minimum Gasteiger partial charge on any atom is -0.618 e. The van der Waals surface area contributed by atoms with Gasteiger partial charge in [-0.15, -0.1) is 0 Å². The zero-order valence-corrected chi connectivity index (χ0v) is 12.0. The van der Waals surface area contributed by atoms with Crippen molar-refractivity contribution >= 4 is 11.9 Å². The van der Waals surface area contributed by atoms with E-state index in [0.717, 1.165) is 21.6 Å². The second-order valence-electron chi connectivity index (χ2n) is 4.61. The van der Waals surface area contributed by atoms with Crippen LogP contribution in [0.25, 0.3) is 11.5 Å². The van der Waals surface area contributed by atoms with E-state index in [-0.39, 0.29) is 0 Å². The number of nitrogens with zero attached hydrogens (tertiary/aromatic N) is 2. The van der Waals surface area contributed by atoms with Crippen LogP contribution in [0.15, 0.2) is 65.4 Å². The Labute approximate surface area is 127 Å². The summed E-state index contributed by atoms with van der Waals surface area (Å²) in [6.07, 6.45) is 4.61. The molecule has 1 aromatic heterocycles. The normalized spacial score (nSPS) is 11.4. The molecule has 110 valence electrons. The molecule has 0 atom stereocenters. The van der Waals surface area contributed by atoms with Crippen LogP contribution in [-0.2, 0) is 0 Å². The average molecular weight is 294 g/mol. The van der Waals surface area contributed by atoms with Gasteiger partial charge in [0.15, 0.2) is 6.21 Å². The highest BCUT2D eigenvalue weighted by Gasteiger charge is 2.06. The smallest absolute Gasteiger partial charge is 0.225 e. The van der Waals surface area contributed by atoms with Gasteiger partial charge in [-0.1, -0.05) is 0 Å². The first-order valence-corrected chi connectivity index (χ1v) is 6.71. The predicted molar refractivity (Wildman–Crippen MR) is 83.4 cm³/mol. The van der Waals surface area contributed by atoms with E-state index in [1.54, 1.807) is 37.6 Å². The number of oxazole rings is 1. The summed E-state index contributed by atoms with van der Waals surface area (Å²) in [5, 5.41) is 12.2. The molecule has 0 unspecified atom stereocenters. The van der Waals surface area contributed by atoms with Gasteiger partial charge < -0.3 is 14.4 Å². The van der Waals surface area contributed by atoms with Crippen molar-refractivity contribution in [3.63, 3.8) is 0 Å². The molecule has 3 rings (SSSR count). The molecule has 0 spiro atoms. The summed E-state index contributed by atoms with van der Waals surface area (Å²) in [5.41, 5.74) is 2.16. The van der Waals surface area contributed by atoms with Gasteiger partial charge in [-0.2, -0.15) is 4.74 Å². The van der Waals surface area contributed by atoms with Crippen LogP contribution in [-0.4, -0.2) is 23.0 Å². The summed E-state index contributed by atoms with van der Waals surface area (Å²) >= 11 is 0. The fourth-order valence-electron chi connectivity index (χ4n) is 2.02. The summed E-state index contributed by atoms with van der Waals surface area (Å²) in [5.74, 6) is 1.29. The molecule has 0 aliphatic carbocycles. The van der Waals surface area contributed by atoms with Gasteiger partial charge in [0.1, 0.15) is 12.0 Å². The van der Waals surface area contributed by atoms with E-state index in [4.69, 9.17) is 9.15 Å². The van der Waals surface area contributed by atoms with Crippen LogP contribution in [0.2, 0.25) is 0 Å². The first-order chi connectivity index (χ1) is 10.8. The lowest BCUT2D eigenvalue weighted by Crippen LogP contribution is -1.98. The SMILES string of the molecule is COc1ccc(C=[N+]([O-])c2ccc(-c3ncco3)cc2)cc1. The summed E-state index contributed by atoms with van der Waals surface area (Å²) in [7, 11) is 1.61. The first-order valence-electron chi connectivity index (χ1n) is 6.71. The third kappa shape index (κ3) is 2.98. The minimum atomic E-state index is 0.531. The molecule has 0 fully saturated rings. The van der Waals surface area contributed by atoms with Gasteiger partial charge in [0.25, 0.3) is 0 Å². The van der Waals surface area contributed by atoms with Crippen molar-refractivity contribution in [3.05, 3.63) is 71.8 Å². The van der Waals surface area contributed by atoms with Crippen LogP contribution in [0.3, 0.4) is 0 Å². The lowest BCUT2D eigenvalue weighted by atomic mass is 10.2. The van der Waals surface area contributed by atoms with Crippen molar-refractivity contribution in [2.45, 2.75) is 0 Å². The standard InChI is InChI=1S/C17H14N2O3/c1-21-16-8-2-13(3-9-16)12-19(20)15-6-4-14(5-7-15)17-18-10-11-22-17/h2-12H,1H3. The average Bonchev–Trinajstić information content (AvgIpc) is 3.10. The molecule has 5 nitrogen and oxygen atoms in total. The Morgan fingerprint density at radius 2 is 1.82 bits per heavy atom. The third-order valence-electron chi connectivity index (χ3n) is 3.18. The Morgan fingerprint density at radius 1 is 1.09 bits per heavy atom. The maximum Gasteiger partial charge on any atom is 0.225 e. The highest BCUT2D eigenvalue weighted by Crippen LogP contribution is 2.20. The molecular formula is C17H14N2O3. The number of benzene rings is 2. The molecule has 22 heavy (non-hydrogen) atoms. The summed E-state index contributed by atoms with van der Waals surface area (Å²) in [6, 6.07) is 14.3. The molecule has 5 heteroatoms. The van der Waals surface area contributed by atoms with Gasteiger partial charge in [-0.25, -0.2) is 4.98 Å². The van der Waals surface area contributed by atoms with Gasteiger partial charge in [0.05, 0.1) is 13.3 Å². The maximum atomic E-state index is 12.2. The van der Waals surface area contributed by atoms with Crippen molar-refractivity contribution in [1.29, 1.82) is 0 Å². The number of ether oxygens (including phenoxy) is 1. The zero-order valence-electron chi connectivity index (χ0n) is 12.0. The second kappa shape index (κ2) is 6.13. The molecule has 0 aliphatic rings. The first kappa shape index (κ1) is 13.9. The molecular weight excluding hydrogens is 280 g/mol. The molecule has 3 aromatic rings. The minimum absolute atomic E-state index is 0.531. The third-order valence-corrected chi connectivity index (χ3v) is 3.18. The van der Waals surface area contributed by atoms with Crippen molar-refractivity contribution in [2.24, 2.45) is 0 Å². The fourth-order valence-corrected chi connectivity index (χ4v) is 2.02. The summed E-state index contributed by atoms with van der Waals surface area (Å²) < 4.78 is 11.1. The van der Waals surface area contributed by atoms with Crippen LogP contribution in [0.4, 0.5) is 5.69 Å². The van der Waals surface area contributed by atoms with Gasteiger partial charge in [-0.05, 0) is 36.4 Å². The Hall–Kier alpha value is -3.08. The van der Waals surface area contributed by atoms with E-state index in [0.29, 0.717) is 11.6 Å². The molecule has 0 saturated heterocycles. The van der Waals surface area contributed by atoms with E-state index in [9.17, 15) is 5.21 Å². The zero-order chi connectivity index (χ0) is 15.4. The molecule has 0 saturated carbocycles. The molecule has 2 aromatic carbocycles. The highest BCUT2D eigenvalue weighted by molar-refractivity contribution is 5.77. The molecule has 0 N–H and O–H groups in total. The molecule has 0 amide bonds. The molecule has 0 bridgehead atoms. The number of aromatic nitrogens is 1. The maximum absolute atomic E-state index is 12.2. The van der Waals surface area contributed by atoms with Crippen LogP contribution in [0.1, 0.15) is 5.56 Å². The Morgan fingerprint density at radius 3 is 2.41 bits per heavy atom. The number of methoxy groups -OCH3 is 1. The quantitative estimate of drug-likeness (QED) is 0.319. The monoisotopic (exact) mass is 294 g/mol. The highest BCUT2D eigenvalue weighted by atomic mass is 16.5. The number of rotatable bonds is 4. The van der Waals surface area contributed by atoms with Gasteiger partial charge in [0.2, 0.25) is 11.6 Å². The van der Waals surface area contributed by atoms with Crippen LogP contribution in [0.5, 0.6) is 5.75 Å². The van der Waals surface area contributed by atoms with Crippen LogP contribution >= 0.6 is 0 Å². The van der Waals surface area contributed by atoms with E-state index < -0.39 is 0 Å². The van der Waals surface area contributed by atoms with Crippen molar-refractivity contribution in [1.82, 2.24) is 4.98 Å². The Bertz CT molecular complexity index is 761. The van der Waals surface area contributed by atoms with Gasteiger partial charge in [-0.3, -0.25) is 0 Å². The topological polar surface area (TPSA) is 61.3 Å². The van der Waals surface area contributed by atoms with E-state index in [1.807, 2.05) is 24.3 Å².